The molecule has 0 spiro atoms. The second-order valence-corrected chi connectivity index (χ2v) is 7.16. The standard InChI is InChI=1S/C21H27ClN2O2.2ClH/c1-25-21-12-17(14-24-13-16-7-9-23-10-8-16)5-6-20(21)26-15-18-3-2-4-19(22)11-18;;/h2-6,11-12,16,23-24H,7-10,13-15H2,1H3;2*1H/p-2. The van der Waals surface area contributed by atoms with Gasteiger partial charge in [-0.2, -0.15) is 0 Å². The van der Waals surface area contributed by atoms with E-state index in [4.69, 9.17) is 21.1 Å². The molecule has 0 atom stereocenters. The van der Waals surface area contributed by atoms with Crippen LogP contribution in [0.15, 0.2) is 42.5 Å². The first kappa shape index (κ1) is 24.9. The van der Waals surface area contributed by atoms with Gasteiger partial charge in [-0.05, 0) is 73.8 Å². The number of piperidine rings is 1. The summed E-state index contributed by atoms with van der Waals surface area (Å²) in [6, 6.07) is 13.8. The summed E-state index contributed by atoms with van der Waals surface area (Å²) in [4.78, 5) is 0. The molecule has 3 rings (SSSR count). The predicted octanol–water partition coefficient (Wildman–Crippen LogP) is -1.98. The molecule has 4 nitrogen and oxygen atoms in total. The lowest BCUT2D eigenvalue weighted by atomic mass is 9.98. The molecule has 0 saturated carbocycles. The first-order valence-electron chi connectivity index (χ1n) is 9.20. The molecular weight excluding hydrogens is 419 g/mol. The topological polar surface area (TPSA) is 42.5 Å². The van der Waals surface area contributed by atoms with Crippen molar-refractivity contribution < 1.29 is 34.3 Å². The monoisotopic (exact) mass is 444 g/mol. The molecule has 1 heterocycles. The predicted molar refractivity (Wildman–Crippen MR) is 106 cm³/mol. The van der Waals surface area contributed by atoms with E-state index in [0.29, 0.717) is 11.6 Å². The Bertz CT molecular complexity index is 710. The zero-order valence-corrected chi connectivity index (χ0v) is 18.3. The first-order valence-corrected chi connectivity index (χ1v) is 9.58. The maximum atomic E-state index is 6.02. The van der Waals surface area contributed by atoms with Gasteiger partial charge in [0, 0.05) is 11.6 Å². The summed E-state index contributed by atoms with van der Waals surface area (Å²) in [5, 5.41) is 7.69. The van der Waals surface area contributed by atoms with E-state index in [1.807, 2.05) is 36.4 Å². The number of ether oxygens (including phenoxy) is 2. The van der Waals surface area contributed by atoms with Gasteiger partial charge in [0.15, 0.2) is 11.5 Å². The molecule has 7 heteroatoms. The zero-order valence-electron chi connectivity index (χ0n) is 16.0. The Morgan fingerprint density at radius 3 is 2.54 bits per heavy atom. The van der Waals surface area contributed by atoms with Crippen LogP contribution in [-0.4, -0.2) is 26.7 Å². The molecule has 2 aromatic rings. The average Bonchev–Trinajstić information content (AvgIpc) is 2.67. The number of benzene rings is 2. The lowest BCUT2D eigenvalue weighted by Crippen LogP contribution is -3.00. The number of hydrogen-bond acceptors (Lipinski definition) is 4. The van der Waals surface area contributed by atoms with Gasteiger partial charge in [0.2, 0.25) is 0 Å². The molecule has 0 amide bonds. The molecule has 1 aliphatic heterocycles. The Balaban J connectivity index is 0.00000196. The van der Waals surface area contributed by atoms with E-state index in [-0.39, 0.29) is 24.8 Å². The van der Waals surface area contributed by atoms with E-state index in [0.717, 1.165) is 49.2 Å². The van der Waals surface area contributed by atoms with E-state index < -0.39 is 0 Å². The maximum absolute atomic E-state index is 6.02. The van der Waals surface area contributed by atoms with Crippen molar-refractivity contribution in [1.29, 1.82) is 0 Å². The van der Waals surface area contributed by atoms with Crippen LogP contribution in [0.25, 0.3) is 0 Å². The van der Waals surface area contributed by atoms with E-state index in [1.54, 1.807) is 7.11 Å². The van der Waals surface area contributed by atoms with Gasteiger partial charge in [-0.3, -0.25) is 0 Å². The van der Waals surface area contributed by atoms with Crippen LogP contribution in [0.3, 0.4) is 0 Å². The van der Waals surface area contributed by atoms with Gasteiger partial charge >= 0.3 is 0 Å². The summed E-state index contributed by atoms with van der Waals surface area (Å²) in [7, 11) is 1.67. The average molecular weight is 446 g/mol. The van der Waals surface area contributed by atoms with Crippen molar-refractivity contribution in [3.8, 4) is 11.5 Å². The second-order valence-electron chi connectivity index (χ2n) is 6.73. The number of halogens is 3. The highest BCUT2D eigenvalue weighted by Crippen LogP contribution is 2.29. The molecule has 2 aromatic carbocycles. The van der Waals surface area contributed by atoms with Crippen molar-refractivity contribution in [1.82, 2.24) is 10.6 Å². The highest BCUT2D eigenvalue weighted by atomic mass is 35.5. The molecule has 28 heavy (non-hydrogen) atoms. The summed E-state index contributed by atoms with van der Waals surface area (Å²) in [6.07, 6.45) is 2.51. The molecule has 0 aromatic heterocycles. The maximum Gasteiger partial charge on any atom is 0.161 e. The van der Waals surface area contributed by atoms with E-state index in [1.165, 1.54) is 18.4 Å². The van der Waals surface area contributed by atoms with Crippen molar-refractivity contribution in [2.75, 3.05) is 26.7 Å². The quantitative estimate of drug-likeness (QED) is 0.495. The van der Waals surface area contributed by atoms with Crippen molar-refractivity contribution in [3.05, 3.63) is 58.6 Å². The SMILES string of the molecule is COc1cc(CNCC2CCNCC2)ccc1OCc1cccc(Cl)c1.[Cl-].[Cl-]. The molecule has 156 valence electrons. The Morgan fingerprint density at radius 2 is 1.82 bits per heavy atom. The van der Waals surface area contributed by atoms with Crippen LogP contribution in [0.5, 0.6) is 11.5 Å². The molecule has 1 aliphatic rings. The van der Waals surface area contributed by atoms with Gasteiger partial charge in [0.05, 0.1) is 7.11 Å². The number of hydrogen-bond donors (Lipinski definition) is 2. The Morgan fingerprint density at radius 1 is 1.04 bits per heavy atom. The van der Waals surface area contributed by atoms with Gasteiger partial charge < -0.3 is 44.9 Å². The highest BCUT2D eigenvalue weighted by Gasteiger charge is 2.12. The minimum atomic E-state index is 0. The molecule has 0 radical (unpaired) electrons. The minimum absolute atomic E-state index is 0. The molecule has 0 aliphatic carbocycles. The van der Waals surface area contributed by atoms with Crippen LogP contribution in [-0.2, 0) is 13.2 Å². The molecule has 0 unspecified atom stereocenters. The van der Waals surface area contributed by atoms with Crippen molar-refractivity contribution >= 4 is 11.6 Å². The third kappa shape index (κ3) is 7.69. The fourth-order valence-electron chi connectivity index (χ4n) is 3.24. The fraction of sp³-hybridized carbons (Fsp3) is 0.429. The number of rotatable bonds is 8. The van der Waals surface area contributed by atoms with E-state index >= 15 is 0 Å². The smallest absolute Gasteiger partial charge is 0.161 e. The summed E-state index contributed by atoms with van der Waals surface area (Å²) in [5.41, 5.74) is 2.23. The molecule has 1 saturated heterocycles. The van der Waals surface area contributed by atoms with Crippen LogP contribution in [0.2, 0.25) is 5.02 Å². The zero-order chi connectivity index (χ0) is 18.2. The number of methoxy groups -OCH3 is 1. The van der Waals surface area contributed by atoms with Crippen LogP contribution in [0, 0.1) is 5.92 Å². The molecular formula is C21H27Cl3N2O2-2. The summed E-state index contributed by atoms with van der Waals surface area (Å²) in [6.45, 7) is 4.65. The molecule has 1 fully saturated rings. The Hall–Kier alpha value is -1.17. The van der Waals surface area contributed by atoms with Crippen LogP contribution >= 0.6 is 11.6 Å². The minimum Gasteiger partial charge on any atom is -1.00 e. The summed E-state index contributed by atoms with van der Waals surface area (Å²) in [5.74, 6) is 2.28. The van der Waals surface area contributed by atoms with Gasteiger partial charge in [-0.15, -0.1) is 0 Å². The van der Waals surface area contributed by atoms with Gasteiger partial charge in [0.25, 0.3) is 0 Å². The Kier molecular flexibility index (Phi) is 11.7. The molecule has 0 bridgehead atoms. The lowest BCUT2D eigenvalue weighted by molar-refractivity contribution is -0.001000. The first-order chi connectivity index (χ1) is 12.7. The normalized spacial score (nSPS) is 13.9. The number of nitrogens with one attached hydrogen (secondary N) is 2. The van der Waals surface area contributed by atoms with E-state index in [9.17, 15) is 0 Å². The van der Waals surface area contributed by atoms with Crippen LogP contribution in [0.4, 0.5) is 0 Å². The summed E-state index contributed by atoms with van der Waals surface area (Å²) >= 11 is 6.02. The van der Waals surface area contributed by atoms with Crippen molar-refractivity contribution in [2.45, 2.75) is 26.0 Å². The second kappa shape index (κ2) is 13.1. The molecule has 2 N–H and O–H groups in total. The van der Waals surface area contributed by atoms with Gasteiger partial charge in [-0.25, -0.2) is 0 Å². The van der Waals surface area contributed by atoms with Crippen molar-refractivity contribution in [2.24, 2.45) is 5.92 Å². The van der Waals surface area contributed by atoms with Crippen LogP contribution in [0.1, 0.15) is 24.0 Å². The largest absolute Gasteiger partial charge is 1.00 e. The lowest BCUT2D eigenvalue weighted by Gasteiger charge is -2.23. The van der Waals surface area contributed by atoms with Crippen LogP contribution < -0.4 is 44.9 Å². The summed E-state index contributed by atoms with van der Waals surface area (Å²) < 4.78 is 11.4. The van der Waals surface area contributed by atoms with E-state index in [2.05, 4.69) is 16.7 Å². The Labute approximate surface area is 185 Å². The third-order valence-corrected chi connectivity index (χ3v) is 4.97. The van der Waals surface area contributed by atoms with Gasteiger partial charge in [0.1, 0.15) is 6.61 Å². The van der Waals surface area contributed by atoms with Crippen molar-refractivity contribution in [3.63, 3.8) is 0 Å². The van der Waals surface area contributed by atoms with Gasteiger partial charge in [-0.1, -0.05) is 29.8 Å². The fourth-order valence-corrected chi connectivity index (χ4v) is 3.45. The third-order valence-electron chi connectivity index (χ3n) is 4.73. The highest BCUT2D eigenvalue weighted by molar-refractivity contribution is 6.30.